The molecule has 16 heavy (non-hydrogen) atoms. The van der Waals surface area contributed by atoms with Gasteiger partial charge < -0.3 is 14.6 Å². The molecule has 0 amide bonds. The molecule has 0 aliphatic carbocycles. The minimum atomic E-state index is 0.672. The van der Waals surface area contributed by atoms with Gasteiger partial charge in [0, 0.05) is 31.0 Å². The molecule has 1 aromatic rings. The van der Waals surface area contributed by atoms with Crippen LogP contribution in [0.5, 0.6) is 0 Å². The first kappa shape index (κ1) is 11.6. The molecule has 1 aliphatic rings. The van der Waals surface area contributed by atoms with Crippen LogP contribution in [-0.4, -0.2) is 35.9 Å². The molecule has 90 valence electrons. The number of hydrogen-bond donors (Lipinski definition) is 1. The van der Waals surface area contributed by atoms with Crippen LogP contribution in [0.25, 0.3) is 0 Å². The van der Waals surface area contributed by atoms with Crippen molar-refractivity contribution in [2.45, 2.75) is 32.2 Å². The van der Waals surface area contributed by atoms with E-state index in [0.29, 0.717) is 5.92 Å². The fourth-order valence-electron chi connectivity index (χ4n) is 2.28. The predicted octanol–water partition coefficient (Wildman–Crippen LogP) is 1.39. The fourth-order valence-corrected chi connectivity index (χ4v) is 2.28. The van der Waals surface area contributed by atoms with Gasteiger partial charge in [-0.15, -0.1) is 0 Å². The molecule has 4 heteroatoms. The number of piperidine rings is 1. The normalized spacial score (nSPS) is 17.8. The summed E-state index contributed by atoms with van der Waals surface area (Å²) in [5.74, 6) is 0.672. The quantitative estimate of drug-likeness (QED) is 0.767. The van der Waals surface area contributed by atoms with Gasteiger partial charge in [0.05, 0.1) is 12.9 Å². The number of imidazole rings is 1. The first-order valence-electron chi connectivity index (χ1n) is 6.20. The molecular formula is C12H21N3O. The van der Waals surface area contributed by atoms with E-state index in [0.717, 1.165) is 32.8 Å². The Bertz CT molecular complexity index is 305. The topological polar surface area (TPSA) is 39.1 Å². The summed E-state index contributed by atoms with van der Waals surface area (Å²) in [6, 6.07) is 0. The van der Waals surface area contributed by atoms with E-state index in [2.05, 4.69) is 14.9 Å². The molecule has 0 saturated carbocycles. The average molecular weight is 223 g/mol. The highest BCUT2D eigenvalue weighted by Gasteiger charge is 2.18. The third-order valence-electron chi connectivity index (χ3n) is 3.18. The van der Waals surface area contributed by atoms with Gasteiger partial charge in [-0.3, -0.25) is 0 Å². The molecule has 4 nitrogen and oxygen atoms in total. The van der Waals surface area contributed by atoms with E-state index in [9.17, 15) is 0 Å². The van der Waals surface area contributed by atoms with Crippen molar-refractivity contribution in [1.29, 1.82) is 0 Å². The summed E-state index contributed by atoms with van der Waals surface area (Å²) in [7, 11) is 0. The van der Waals surface area contributed by atoms with Crippen molar-refractivity contribution in [3.8, 4) is 0 Å². The van der Waals surface area contributed by atoms with Crippen molar-refractivity contribution >= 4 is 0 Å². The lowest BCUT2D eigenvalue weighted by Gasteiger charge is -2.23. The highest BCUT2D eigenvalue weighted by atomic mass is 16.5. The summed E-state index contributed by atoms with van der Waals surface area (Å²) in [6.07, 6.45) is 6.39. The van der Waals surface area contributed by atoms with Gasteiger partial charge in [0.15, 0.2) is 0 Å². The number of rotatable bonds is 5. The molecule has 2 rings (SSSR count). The van der Waals surface area contributed by atoms with E-state index in [-0.39, 0.29) is 0 Å². The molecule has 1 N–H and O–H groups in total. The summed E-state index contributed by atoms with van der Waals surface area (Å²) in [4.78, 5) is 4.26. The summed E-state index contributed by atoms with van der Waals surface area (Å²) in [6.45, 7) is 6.78. The van der Waals surface area contributed by atoms with Crippen LogP contribution in [-0.2, 0) is 11.3 Å². The molecule has 0 bridgehead atoms. The third-order valence-corrected chi connectivity index (χ3v) is 3.18. The first-order valence-corrected chi connectivity index (χ1v) is 6.20. The summed E-state index contributed by atoms with van der Waals surface area (Å²) in [5, 5.41) is 3.39. The lowest BCUT2D eigenvalue weighted by Crippen LogP contribution is -2.27. The Hall–Kier alpha value is -0.870. The number of ether oxygens (including phenoxy) is 1. The van der Waals surface area contributed by atoms with Crippen molar-refractivity contribution in [3.05, 3.63) is 18.2 Å². The Labute approximate surface area is 97.0 Å². The average Bonchev–Trinajstić information content (AvgIpc) is 2.79. The summed E-state index contributed by atoms with van der Waals surface area (Å²) in [5.41, 5.74) is 1.38. The van der Waals surface area contributed by atoms with Crippen LogP contribution in [0.3, 0.4) is 0 Å². The van der Waals surface area contributed by atoms with Crippen molar-refractivity contribution in [3.63, 3.8) is 0 Å². The van der Waals surface area contributed by atoms with Crippen LogP contribution in [0.15, 0.2) is 12.5 Å². The molecule has 1 fully saturated rings. The molecule has 1 aliphatic heterocycles. The van der Waals surface area contributed by atoms with Gasteiger partial charge in [-0.05, 0) is 32.9 Å². The second-order valence-electron chi connectivity index (χ2n) is 4.23. The minimum Gasteiger partial charge on any atom is -0.380 e. The van der Waals surface area contributed by atoms with E-state index in [4.69, 9.17) is 4.74 Å². The van der Waals surface area contributed by atoms with Crippen LogP contribution >= 0.6 is 0 Å². The second-order valence-corrected chi connectivity index (χ2v) is 4.23. The van der Waals surface area contributed by atoms with Gasteiger partial charge in [-0.25, -0.2) is 4.98 Å². The van der Waals surface area contributed by atoms with E-state index in [1.165, 1.54) is 18.5 Å². The SMILES string of the molecule is CCOCCn1cncc1C1CCNCC1. The molecular weight excluding hydrogens is 202 g/mol. The van der Waals surface area contributed by atoms with Gasteiger partial charge in [-0.1, -0.05) is 0 Å². The van der Waals surface area contributed by atoms with Gasteiger partial charge >= 0.3 is 0 Å². The Balaban J connectivity index is 1.94. The third kappa shape index (κ3) is 2.83. The number of hydrogen-bond acceptors (Lipinski definition) is 3. The number of nitrogens with zero attached hydrogens (tertiary/aromatic N) is 2. The highest BCUT2D eigenvalue weighted by molar-refractivity contribution is 5.07. The lowest BCUT2D eigenvalue weighted by atomic mass is 9.95. The Morgan fingerprint density at radius 3 is 3.06 bits per heavy atom. The zero-order chi connectivity index (χ0) is 11.2. The van der Waals surface area contributed by atoms with Crippen molar-refractivity contribution in [2.24, 2.45) is 0 Å². The Morgan fingerprint density at radius 2 is 2.31 bits per heavy atom. The van der Waals surface area contributed by atoms with Gasteiger partial charge in [-0.2, -0.15) is 0 Å². The van der Waals surface area contributed by atoms with Gasteiger partial charge in [0.2, 0.25) is 0 Å². The maximum atomic E-state index is 5.39. The fraction of sp³-hybridized carbons (Fsp3) is 0.750. The Kier molecular flexibility index (Phi) is 4.36. The molecule has 1 aromatic heterocycles. The molecule has 0 unspecified atom stereocenters. The zero-order valence-corrected chi connectivity index (χ0v) is 9.98. The second kappa shape index (κ2) is 6.01. The van der Waals surface area contributed by atoms with Crippen LogP contribution in [0, 0.1) is 0 Å². The summed E-state index contributed by atoms with van der Waals surface area (Å²) < 4.78 is 7.63. The van der Waals surface area contributed by atoms with E-state index < -0.39 is 0 Å². The van der Waals surface area contributed by atoms with Gasteiger partial charge in [0.1, 0.15) is 0 Å². The lowest BCUT2D eigenvalue weighted by molar-refractivity contribution is 0.138. The largest absolute Gasteiger partial charge is 0.380 e. The molecule has 1 saturated heterocycles. The number of aromatic nitrogens is 2. The smallest absolute Gasteiger partial charge is 0.0949 e. The molecule has 0 aromatic carbocycles. The van der Waals surface area contributed by atoms with Crippen molar-refractivity contribution in [1.82, 2.24) is 14.9 Å². The maximum Gasteiger partial charge on any atom is 0.0949 e. The van der Waals surface area contributed by atoms with Crippen molar-refractivity contribution < 1.29 is 4.74 Å². The highest BCUT2D eigenvalue weighted by Crippen LogP contribution is 2.24. The number of nitrogens with one attached hydrogen (secondary N) is 1. The van der Waals surface area contributed by atoms with Crippen molar-refractivity contribution in [2.75, 3.05) is 26.3 Å². The molecule has 0 spiro atoms. The van der Waals surface area contributed by atoms with E-state index in [1.54, 1.807) is 0 Å². The minimum absolute atomic E-state index is 0.672. The standard InChI is InChI=1S/C12H21N3O/c1-2-16-8-7-15-10-14-9-12(15)11-3-5-13-6-4-11/h9-11,13H,2-8H2,1H3. The Morgan fingerprint density at radius 1 is 1.50 bits per heavy atom. The first-order chi connectivity index (χ1) is 7.92. The van der Waals surface area contributed by atoms with Crippen LogP contribution in [0.4, 0.5) is 0 Å². The monoisotopic (exact) mass is 223 g/mol. The maximum absolute atomic E-state index is 5.39. The molecule has 0 radical (unpaired) electrons. The van der Waals surface area contributed by atoms with Gasteiger partial charge in [0.25, 0.3) is 0 Å². The summed E-state index contributed by atoms with van der Waals surface area (Å²) >= 11 is 0. The van der Waals surface area contributed by atoms with Crippen LogP contribution in [0.2, 0.25) is 0 Å². The molecule has 2 heterocycles. The van der Waals surface area contributed by atoms with Crippen LogP contribution in [0.1, 0.15) is 31.4 Å². The zero-order valence-electron chi connectivity index (χ0n) is 9.98. The molecule has 0 atom stereocenters. The van der Waals surface area contributed by atoms with E-state index >= 15 is 0 Å². The van der Waals surface area contributed by atoms with Crippen LogP contribution < -0.4 is 5.32 Å². The van der Waals surface area contributed by atoms with E-state index in [1.807, 2.05) is 19.4 Å². The predicted molar refractivity (Wildman–Crippen MR) is 63.6 cm³/mol.